The zero-order valence-corrected chi connectivity index (χ0v) is 15.6. The number of aliphatic imine (C=N–C) groups is 1. The molecule has 0 saturated carbocycles. The Morgan fingerprint density at radius 1 is 1.32 bits per heavy atom. The van der Waals surface area contributed by atoms with Crippen molar-refractivity contribution in [1.29, 1.82) is 0 Å². The van der Waals surface area contributed by atoms with E-state index in [2.05, 4.69) is 33.8 Å². The molecule has 1 unspecified atom stereocenters. The van der Waals surface area contributed by atoms with Crippen LogP contribution in [0.3, 0.4) is 0 Å². The van der Waals surface area contributed by atoms with Crippen molar-refractivity contribution in [1.82, 2.24) is 15.5 Å². The minimum absolute atomic E-state index is 0.0657. The van der Waals surface area contributed by atoms with E-state index in [0.717, 1.165) is 32.0 Å². The topological polar surface area (TPSA) is 56.7 Å². The fourth-order valence-corrected chi connectivity index (χ4v) is 3.75. The summed E-state index contributed by atoms with van der Waals surface area (Å²) in [6.45, 7) is 6.28. The highest BCUT2D eigenvalue weighted by Crippen LogP contribution is 2.22. The second-order valence-corrected chi connectivity index (χ2v) is 7.45. The van der Waals surface area contributed by atoms with E-state index in [1.807, 2.05) is 18.7 Å². The molecule has 136 valence electrons. The summed E-state index contributed by atoms with van der Waals surface area (Å²) in [5.74, 6) is 1.12. The molecule has 0 radical (unpaired) electrons. The van der Waals surface area contributed by atoms with Crippen molar-refractivity contribution in [3.8, 4) is 0 Å². The van der Waals surface area contributed by atoms with Gasteiger partial charge in [-0.15, -0.1) is 0 Å². The van der Waals surface area contributed by atoms with Gasteiger partial charge in [0, 0.05) is 38.6 Å². The number of likely N-dealkylation sites (tertiary alicyclic amines) is 1. The van der Waals surface area contributed by atoms with Gasteiger partial charge in [0.2, 0.25) is 5.91 Å². The maximum absolute atomic E-state index is 12.1. The van der Waals surface area contributed by atoms with Crippen molar-refractivity contribution >= 4 is 11.9 Å². The smallest absolute Gasteiger partial charge is 0.225 e. The number of hydrogen-bond donors (Lipinski definition) is 2. The van der Waals surface area contributed by atoms with Gasteiger partial charge in [0.05, 0.1) is 0 Å². The van der Waals surface area contributed by atoms with Crippen LogP contribution in [0.25, 0.3) is 0 Å². The summed E-state index contributed by atoms with van der Waals surface area (Å²) in [6.07, 6.45) is 4.68. The fraction of sp³-hybridized carbons (Fsp3) is 0.600. The van der Waals surface area contributed by atoms with E-state index >= 15 is 0 Å². The van der Waals surface area contributed by atoms with Gasteiger partial charge in [-0.1, -0.05) is 32.0 Å². The Balaban J connectivity index is 1.50. The first-order valence-corrected chi connectivity index (χ1v) is 9.43. The van der Waals surface area contributed by atoms with Crippen LogP contribution < -0.4 is 10.6 Å². The van der Waals surface area contributed by atoms with Gasteiger partial charge in [0.25, 0.3) is 0 Å². The Bertz CT molecular complexity index is 653. The fourth-order valence-electron chi connectivity index (χ4n) is 3.75. The summed E-state index contributed by atoms with van der Waals surface area (Å²) in [7, 11) is 1.80. The van der Waals surface area contributed by atoms with E-state index in [1.165, 1.54) is 36.0 Å². The molecule has 1 atom stereocenters. The van der Waals surface area contributed by atoms with Gasteiger partial charge < -0.3 is 15.5 Å². The zero-order valence-electron chi connectivity index (χ0n) is 15.6. The SMILES string of the molecule is CN=C(NCc1ccc2c(c1)CCC2)NC1CCN(C(=O)C(C)C)C1. The summed E-state index contributed by atoms with van der Waals surface area (Å²) >= 11 is 0. The second kappa shape index (κ2) is 7.89. The first-order chi connectivity index (χ1) is 12.1. The molecule has 1 amide bonds. The highest BCUT2D eigenvalue weighted by atomic mass is 16.2. The molecule has 5 nitrogen and oxygen atoms in total. The average molecular weight is 342 g/mol. The maximum Gasteiger partial charge on any atom is 0.225 e. The van der Waals surface area contributed by atoms with Gasteiger partial charge in [-0.05, 0) is 42.4 Å². The molecule has 0 bridgehead atoms. The van der Waals surface area contributed by atoms with Gasteiger partial charge >= 0.3 is 0 Å². The predicted molar refractivity (Wildman–Crippen MR) is 102 cm³/mol. The molecule has 5 heteroatoms. The minimum atomic E-state index is 0.0657. The lowest BCUT2D eigenvalue weighted by atomic mass is 10.1. The maximum atomic E-state index is 12.1. The number of guanidine groups is 1. The number of aryl methyl sites for hydroxylation is 2. The van der Waals surface area contributed by atoms with Crippen molar-refractivity contribution < 1.29 is 4.79 Å². The van der Waals surface area contributed by atoms with Crippen molar-refractivity contribution in [2.45, 2.75) is 52.1 Å². The van der Waals surface area contributed by atoms with Crippen LogP contribution in [-0.4, -0.2) is 42.9 Å². The molecule has 1 saturated heterocycles. The van der Waals surface area contributed by atoms with E-state index in [0.29, 0.717) is 0 Å². The van der Waals surface area contributed by atoms with Crippen LogP contribution in [0.2, 0.25) is 0 Å². The number of fused-ring (bicyclic) bond motifs is 1. The number of carbonyl (C=O) groups excluding carboxylic acids is 1. The van der Waals surface area contributed by atoms with Gasteiger partial charge in [-0.2, -0.15) is 0 Å². The zero-order chi connectivity index (χ0) is 17.8. The molecule has 25 heavy (non-hydrogen) atoms. The number of amides is 1. The third kappa shape index (κ3) is 4.33. The van der Waals surface area contributed by atoms with Crippen LogP contribution in [0.15, 0.2) is 23.2 Å². The summed E-state index contributed by atoms with van der Waals surface area (Å²) in [6, 6.07) is 7.07. The molecular formula is C20H30N4O. The lowest BCUT2D eigenvalue weighted by Crippen LogP contribution is -2.45. The van der Waals surface area contributed by atoms with E-state index in [9.17, 15) is 4.79 Å². The highest BCUT2D eigenvalue weighted by Gasteiger charge is 2.27. The molecular weight excluding hydrogens is 312 g/mol. The lowest BCUT2D eigenvalue weighted by molar-refractivity contribution is -0.133. The number of carbonyl (C=O) groups is 1. The van der Waals surface area contributed by atoms with Gasteiger partial charge in [-0.3, -0.25) is 9.79 Å². The summed E-state index contributed by atoms with van der Waals surface area (Å²) in [5, 5.41) is 6.86. The van der Waals surface area contributed by atoms with E-state index in [1.54, 1.807) is 7.05 Å². The quantitative estimate of drug-likeness (QED) is 0.651. The van der Waals surface area contributed by atoms with E-state index in [4.69, 9.17) is 0 Å². The third-order valence-corrected chi connectivity index (χ3v) is 5.18. The second-order valence-electron chi connectivity index (χ2n) is 7.45. The average Bonchev–Trinajstić information content (AvgIpc) is 3.26. The van der Waals surface area contributed by atoms with Crippen LogP contribution in [0.5, 0.6) is 0 Å². The molecule has 1 aromatic carbocycles. The van der Waals surface area contributed by atoms with E-state index < -0.39 is 0 Å². The highest BCUT2D eigenvalue weighted by molar-refractivity contribution is 5.81. The van der Waals surface area contributed by atoms with Crippen molar-refractivity contribution in [3.63, 3.8) is 0 Å². The number of hydrogen-bond acceptors (Lipinski definition) is 2. The van der Waals surface area contributed by atoms with Crippen molar-refractivity contribution in [2.24, 2.45) is 10.9 Å². The van der Waals surface area contributed by atoms with Crippen LogP contribution in [-0.2, 0) is 24.2 Å². The number of rotatable bonds is 4. The molecule has 3 rings (SSSR count). The lowest BCUT2D eigenvalue weighted by Gasteiger charge is -2.20. The molecule has 1 aliphatic carbocycles. The summed E-state index contributed by atoms with van der Waals surface area (Å²) in [5.41, 5.74) is 4.31. The molecule has 2 N–H and O–H groups in total. The summed E-state index contributed by atoms with van der Waals surface area (Å²) < 4.78 is 0. The first kappa shape index (κ1) is 17.8. The molecule has 0 aromatic heterocycles. The van der Waals surface area contributed by atoms with Crippen LogP contribution in [0, 0.1) is 5.92 Å². The Hall–Kier alpha value is -2.04. The number of nitrogens with zero attached hydrogens (tertiary/aromatic N) is 2. The van der Waals surface area contributed by atoms with Gasteiger partial charge in [0.1, 0.15) is 0 Å². The predicted octanol–water partition coefficient (Wildman–Crippen LogP) is 2.10. The third-order valence-electron chi connectivity index (χ3n) is 5.18. The first-order valence-electron chi connectivity index (χ1n) is 9.43. The van der Waals surface area contributed by atoms with Crippen LogP contribution in [0.1, 0.15) is 43.4 Å². The van der Waals surface area contributed by atoms with E-state index in [-0.39, 0.29) is 17.9 Å². The molecule has 1 fully saturated rings. The summed E-state index contributed by atoms with van der Waals surface area (Å²) in [4.78, 5) is 18.4. The standard InChI is InChI=1S/C20H30N4O/c1-14(2)19(25)24-10-9-18(13-24)23-20(21-3)22-12-15-7-8-16-5-4-6-17(16)11-15/h7-8,11,14,18H,4-6,9-10,12-13H2,1-3H3,(H2,21,22,23). The Morgan fingerprint density at radius 2 is 2.12 bits per heavy atom. The normalized spacial score (nSPS) is 20.1. The number of benzene rings is 1. The van der Waals surface area contributed by atoms with Crippen LogP contribution in [0.4, 0.5) is 0 Å². The van der Waals surface area contributed by atoms with Gasteiger partial charge in [0.15, 0.2) is 5.96 Å². The van der Waals surface area contributed by atoms with Gasteiger partial charge in [-0.25, -0.2) is 0 Å². The van der Waals surface area contributed by atoms with Crippen molar-refractivity contribution in [3.05, 3.63) is 34.9 Å². The van der Waals surface area contributed by atoms with Crippen molar-refractivity contribution in [2.75, 3.05) is 20.1 Å². The Kier molecular flexibility index (Phi) is 5.61. The Labute approximate surface area is 150 Å². The molecule has 2 aliphatic rings. The molecule has 0 spiro atoms. The number of nitrogens with one attached hydrogen (secondary N) is 2. The monoisotopic (exact) mass is 342 g/mol. The molecule has 1 heterocycles. The minimum Gasteiger partial charge on any atom is -0.352 e. The Morgan fingerprint density at radius 3 is 2.88 bits per heavy atom. The molecule has 1 aliphatic heterocycles. The van der Waals surface area contributed by atoms with Crippen LogP contribution >= 0.6 is 0 Å². The molecule has 1 aromatic rings. The largest absolute Gasteiger partial charge is 0.352 e.